The Morgan fingerprint density at radius 1 is 1.20 bits per heavy atom. The van der Waals surface area contributed by atoms with Gasteiger partial charge in [-0.1, -0.05) is 25.1 Å². The minimum Gasteiger partial charge on any atom is -0.465 e. The molecule has 1 aromatic rings. The van der Waals surface area contributed by atoms with Gasteiger partial charge in [-0.05, 0) is 78.9 Å². The maximum Gasteiger partial charge on any atom is 0.337 e. The largest absolute Gasteiger partial charge is 0.465 e. The highest BCUT2D eigenvalue weighted by Gasteiger charge is 2.73. The highest BCUT2D eigenvalue weighted by Crippen LogP contribution is 2.70. The lowest BCUT2D eigenvalue weighted by Gasteiger charge is -2.62. The Balaban J connectivity index is 1.46. The molecule has 4 aliphatic carbocycles. The van der Waals surface area contributed by atoms with E-state index < -0.39 is 76.6 Å². The number of esters is 1. The molecule has 3 fully saturated rings. The summed E-state index contributed by atoms with van der Waals surface area (Å²) in [6.45, 7) is 2.59. The molecule has 0 amide bonds. The average Bonchev–Trinajstić information content (AvgIpc) is 3.21. The van der Waals surface area contributed by atoms with Gasteiger partial charge in [0.2, 0.25) is 0 Å². The Morgan fingerprint density at radius 2 is 1.93 bits per heavy atom. The lowest BCUT2D eigenvalue weighted by atomic mass is 9.45. The number of ether oxygens (including phenoxy) is 1. The fraction of sp³-hybridized carbons (Fsp3) is 0.581. The number of alkyl halides is 2. The first kappa shape index (κ1) is 29.7. The molecule has 9 atom stereocenters. The molecule has 3 N–H and O–H groups in total. The van der Waals surface area contributed by atoms with E-state index in [1.165, 1.54) is 26.2 Å². The number of halogens is 2. The van der Waals surface area contributed by atoms with Crippen molar-refractivity contribution in [1.82, 2.24) is 5.06 Å². The molecule has 0 bridgehead atoms. The zero-order valence-corrected chi connectivity index (χ0v) is 23.4. The number of Topliss-reactive ketones (excluding diaryl/α,β-unsaturated/α-hetero) is 1. The van der Waals surface area contributed by atoms with Crippen LogP contribution in [-0.4, -0.2) is 76.2 Å². The summed E-state index contributed by atoms with van der Waals surface area (Å²) in [5, 5.41) is 33.3. The number of fused-ring (bicyclic) bond motifs is 5. The fourth-order valence-electron chi connectivity index (χ4n) is 8.76. The lowest BCUT2D eigenvalue weighted by molar-refractivity contribution is -0.202. The van der Waals surface area contributed by atoms with Gasteiger partial charge in [0, 0.05) is 30.3 Å². The highest BCUT2D eigenvalue weighted by molar-refractivity contribution is 6.01. The predicted octanol–water partition coefficient (Wildman–Crippen LogP) is 3.39. The first-order valence-corrected chi connectivity index (χ1v) is 14.0. The molecular formula is C31H37F2NO7. The Hall–Kier alpha value is -2.79. The molecule has 8 nitrogen and oxygen atoms in total. The van der Waals surface area contributed by atoms with Crippen LogP contribution in [0.15, 0.2) is 48.1 Å². The third-order valence-corrected chi connectivity index (χ3v) is 10.5. The van der Waals surface area contributed by atoms with E-state index >= 15 is 8.78 Å². The van der Waals surface area contributed by atoms with Crippen molar-refractivity contribution in [3.8, 4) is 0 Å². The third kappa shape index (κ3) is 4.50. The van der Waals surface area contributed by atoms with Gasteiger partial charge in [-0.15, -0.1) is 0 Å². The number of carbonyl (C=O) groups excluding carboxylic acids is 3. The molecule has 0 saturated heterocycles. The molecule has 4 aliphatic rings. The maximum atomic E-state index is 17.4. The Bertz CT molecular complexity index is 1310. The second kappa shape index (κ2) is 10.5. The molecule has 0 spiro atoms. The van der Waals surface area contributed by atoms with E-state index in [1.807, 2.05) is 0 Å². The summed E-state index contributed by atoms with van der Waals surface area (Å²) in [5.74, 6) is -4.23. The summed E-state index contributed by atoms with van der Waals surface area (Å²) in [6.07, 6.45) is 0.519. The monoisotopic (exact) mass is 573 g/mol. The van der Waals surface area contributed by atoms with E-state index in [0.29, 0.717) is 11.1 Å². The molecule has 0 heterocycles. The van der Waals surface area contributed by atoms with Crippen molar-refractivity contribution < 1.29 is 43.3 Å². The summed E-state index contributed by atoms with van der Waals surface area (Å²) >= 11 is 0. The van der Waals surface area contributed by atoms with Gasteiger partial charge in [-0.2, -0.15) is 5.06 Å². The van der Waals surface area contributed by atoms with Gasteiger partial charge in [-0.3, -0.25) is 9.59 Å². The molecule has 0 radical (unpaired) electrons. The summed E-state index contributed by atoms with van der Waals surface area (Å²) in [5.41, 5.74) is -3.80. The minimum atomic E-state index is -2.28. The summed E-state index contributed by atoms with van der Waals surface area (Å²) in [4.78, 5) is 37.2. The van der Waals surface area contributed by atoms with Crippen molar-refractivity contribution in [3.63, 3.8) is 0 Å². The first-order chi connectivity index (χ1) is 19.3. The summed E-state index contributed by atoms with van der Waals surface area (Å²) in [7, 11) is 1.27. The van der Waals surface area contributed by atoms with E-state index in [1.54, 1.807) is 31.2 Å². The first-order valence-electron chi connectivity index (χ1n) is 14.0. The Kier molecular flexibility index (Phi) is 7.59. The van der Waals surface area contributed by atoms with Crippen LogP contribution >= 0.6 is 0 Å². The van der Waals surface area contributed by atoms with Crippen molar-refractivity contribution >= 4 is 17.5 Å². The fourth-order valence-corrected chi connectivity index (χ4v) is 8.76. The van der Waals surface area contributed by atoms with Crippen LogP contribution in [0.1, 0.15) is 49.0 Å². The number of benzene rings is 1. The Labute approximate surface area is 237 Å². The number of methoxy groups -OCH3 is 1. The third-order valence-electron chi connectivity index (χ3n) is 10.5. The van der Waals surface area contributed by atoms with Crippen molar-refractivity contribution in [2.24, 2.45) is 34.5 Å². The van der Waals surface area contributed by atoms with Gasteiger partial charge in [0.1, 0.15) is 12.8 Å². The molecule has 10 heteroatoms. The van der Waals surface area contributed by atoms with Gasteiger partial charge < -0.3 is 20.2 Å². The molecule has 1 aromatic carbocycles. The van der Waals surface area contributed by atoms with Gasteiger partial charge in [0.05, 0.1) is 18.8 Å². The molecular weight excluding hydrogens is 536 g/mol. The van der Waals surface area contributed by atoms with Gasteiger partial charge in [0.25, 0.3) is 0 Å². The van der Waals surface area contributed by atoms with Crippen LogP contribution in [0.2, 0.25) is 0 Å². The van der Waals surface area contributed by atoms with Crippen molar-refractivity contribution in [2.45, 2.75) is 57.6 Å². The molecule has 41 heavy (non-hydrogen) atoms. The van der Waals surface area contributed by atoms with Crippen molar-refractivity contribution in [1.29, 1.82) is 0 Å². The van der Waals surface area contributed by atoms with E-state index in [2.05, 4.69) is 0 Å². The van der Waals surface area contributed by atoms with Crippen LogP contribution in [0.3, 0.4) is 0 Å². The van der Waals surface area contributed by atoms with Crippen molar-refractivity contribution in [2.75, 3.05) is 20.3 Å². The van der Waals surface area contributed by atoms with E-state index in [0.717, 1.165) is 11.1 Å². The van der Waals surface area contributed by atoms with Crippen LogP contribution in [0.25, 0.3) is 0 Å². The SMILES string of the molecule is COC(=O)c1cccc(CN(O)C[C@@H]2CC3[C@@H]4C[C@H](F)C5=CC(=O)C=C[C@]5(C)[C@@]4(F)[C@@H](O)C[C@]3(C)[C@H]2C(=O)CO)c1. The van der Waals surface area contributed by atoms with Crippen LogP contribution in [0.4, 0.5) is 8.78 Å². The second-order valence-electron chi connectivity index (χ2n) is 12.6. The number of rotatable bonds is 7. The van der Waals surface area contributed by atoms with Crippen LogP contribution < -0.4 is 0 Å². The predicted molar refractivity (Wildman–Crippen MR) is 143 cm³/mol. The minimum absolute atomic E-state index is 0.00291. The van der Waals surface area contributed by atoms with E-state index in [4.69, 9.17) is 4.74 Å². The smallest absolute Gasteiger partial charge is 0.337 e. The number of hydroxylamine groups is 2. The number of allylic oxidation sites excluding steroid dienone is 4. The number of nitrogens with zero attached hydrogens (tertiary/aromatic N) is 1. The van der Waals surface area contributed by atoms with Gasteiger partial charge >= 0.3 is 5.97 Å². The van der Waals surface area contributed by atoms with Crippen LogP contribution in [0, 0.1) is 34.5 Å². The number of carbonyl (C=O) groups is 3. The van der Waals surface area contributed by atoms with E-state index in [9.17, 15) is 29.8 Å². The van der Waals surface area contributed by atoms with Crippen LogP contribution in [0.5, 0.6) is 0 Å². The number of aliphatic hydroxyl groups excluding tert-OH is 2. The number of hydrogen-bond donors (Lipinski definition) is 3. The normalized spacial score (nSPS) is 39.5. The summed E-state index contributed by atoms with van der Waals surface area (Å²) < 4.78 is 37.8. The average molecular weight is 574 g/mol. The second-order valence-corrected chi connectivity index (χ2v) is 12.6. The number of hydrogen-bond acceptors (Lipinski definition) is 8. The molecule has 1 unspecified atom stereocenters. The zero-order valence-electron chi connectivity index (χ0n) is 23.4. The number of ketones is 2. The molecule has 0 aromatic heterocycles. The quantitative estimate of drug-likeness (QED) is 0.335. The van der Waals surface area contributed by atoms with E-state index in [-0.39, 0.29) is 37.9 Å². The molecule has 0 aliphatic heterocycles. The molecule has 3 saturated carbocycles. The molecule has 5 rings (SSSR count). The number of aliphatic hydroxyl groups is 2. The lowest BCUT2D eigenvalue weighted by Crippen LogP contribution is -2.68. The zero-order chi connectivity index (χ0) is 29.9. The van der Waals surface area contributed by atoms with Gasteiger partial charge in [-0.25, -0.2) is 13.6 Å². The standard InChI is InChI=1S/C31H37F2NO7/c1-29-13-26(38)31(33)22(12-24(32)23-11-20(36)7-8-30(23,31)2)21(29)10-19(27(29)25(37)16-35)15-34(40)14-17-5-4-6-18(9-17)28(39)41-3/h4-9,11,19,21-22,24,26-27,35,38,40H,10,12-16H2,1-3H3/t19-,21?,22-,24-,26-,27+,29-,30-,31-/m0/s1. The van der Waals surface area contributed by atoms with Gasteiger partial charge in [0.15, 0.2) is 17.2 Å². The maximum absolute atomic E-state index is 17.4. The van der Waals surface area contributed by atoms with Crippen LogP contribution in [-0.2, 0) is 20.9 Å². The summed E-state index contributed by atoms with van der Waals surface area (Å²) in [6, 6.07) is 6.57. The Morgan fingerprint density at radius 3 is 2.61 bits per heavy atom. The topological polar surface area (TPSA) is 124 Å². The highest BCUT2D eigenvalue weighted by atomic mass is 19.1. The van der Waals surface area contributed by atoms with Crippen molar-refractivity contribution in [3.05, 3.63) is 59.2 Å². The molecule has 222 valence electrons.